The minimum atomic E-state index is -0.754. The van der Waals surface area contributed by atoms with E-state index in [1.807, 2.05) is 18.2 Å². The lowest BCUT2D eigenvalue weighted by molar-refractivity contribution is -0.166. The Morgan fingerprint density at radius 1 is 1.15 bits per heavy atom. The summed E-state index contributed by atoms with van der Waals surface area (Å²) in [6, 6.07) is 7.32. The summed E-state index contributed by atoms with van der Waals surface area (Å²) in [6.07, 6.45) is -0.358. The maximum absolute atomic E-state index is 11.8. The number of rotatable bonds is 9. The SMILES string of the molecule is C=C(CC(=O)OCC(=O)OC(C)(C)C)C(=O)OCCSc1cccc(Cl)c1. The minimum Gasteiger partial charge on any atom is -0.461 e. The van der Waals surface area contributed by atoms with Gasteiger partial charge >= 0.3 is 17.9 Å². The molecule has 0 aliphatic carbocycles. The molecule has 8 heteroatoms. The molecule has 1 rings (SSSR count). The quantitative estimate of drug-likeness (QED) is 0.200. The average Bonchev–Trinajstić information content (AvgIpc) is 2.55. The minimum absolute atomic E-state index is 0.0445. The van der Waals surface area contributed by atoms with Gasteiger partial charge in [0.15, 0.2) is 6.61 Å². The van der Waals surface area contributed by atoms with Crippen LogP contribution in [0.15, 0.2) is 41.3 Å². The third-order valence-electron chi connectivity index (χ3n) is 2.80. The molecule has 0 bridgehead atoms. The zero-order chi connectivity index (χ0) is 20.4. The van der Waals surface area contributed by atoms with Crippen LogP contribution in [0.3, 0.4) is 0 Å². The van der Waals surface area contributed by atoms with Crippen LogP contribution in [0.5, 0.6) is 0 Å². The largest absolute Gasteiger partial charge is 0.461 e. The summed E-state index contributed by atoms with van der Waals surface area (Å²) >= 11 is 7.38. The fourth-order valence-electron chi connectivity index (χ4n) is 1.76. The highest BCUT2D eigenvalue weighted by molar-refractivity contribution is 7.99. The summed E-state index contributed by atoms with van der Waals surface area (Å²) in [4.78, 5) is 35.9. The van der Waals surface area contributed by atoms with E-state index in [2.05, 4.69) is 6.58 Å². The highest BCUT2D eigenvalue weighted by Gasteiger charge is 2.19. The van der Waals surface area contributed by atoms with Crippen molar-refractivity contribution in [3.8, 4) is 0 Å². The molecule has 0 aliphatic rings. The van der Waals surface area contributed by atoms with Crippen molar-refractivity contribution in [1.29, 1.82) is 0 Å². The monoisotopic (exact) mass is 414 g/mol. The number of carbonyl (C=O) groups excluding carboxylic acids is 3. The third-order valence-corrected chi connectivity index (χ3v) is 3.99. The van der Waals surface area contributed by atoms with Crippen LogP contribution in [0, 0.1) is 0 Å². The van der Waals surface area contributed by atoms with Gasteiger partial charge in [0.05, 0.1) is 6.42 Å². The van der Waals surface area contributed by atoms with Gasteiger partial charge in [-0.05, 0) is 39.0 Å². The Morgan fingerprint density at radius 3 is 2.48 bits per heavy atom. The number of thioether (sulfide) groups is 1. The van der Waals surface area contributed by atoms with Gasteiger partial charge in [-0.2, -0.15) is 0 Å². The van der Waals surface area contributed by atoms with Crippen LogP contribution >= 0.6 is 23.4 Å². The Balaban J connectivity index is 2.24. The fraction of sp³-hybridized carbons (Fsp3) is 0.421. The van der Waals surface area contributed by atoms with Crippen molar-refractivity contribution >= 4 is 41.3 Å². The zero-order valence-electron chi connectivity index (χ0n) is 15.6. The smallest absolute Gasteiger partial charge is 0.344 e. The topological polar surface area (TPSA) is 78.9 Å². The van der Waals surface area contributed by atoms with Gasteiger partial charge in [-0.3, -0.25) is 4.79 Å². The molecule has 148 valence electrons. The lowest BCUT2D eigenvalue weighted by Gasteiger charge is -2.19. The van der Waals surface area contributed by atoms with E-state index < -0.39 is 30.1 Å². The van der Waals surface area contributed by atoms with E-state index in [0.29, 0.717) is 10.8 Å². The first-order valence-electron chi connectivity index (χ1n) is 8.17. The molecule has 0 spiro atoms. The molecule has 0 aromatic heterocycles. The zero-order valence-corrected chi connectivity index (χ0v) is 17.2. The number of hydrogen-bond donors (Lipinski definition) is 0. The molecule has 0 saturated carbocycles. The van der Waals surface area contributed by atoms with E-state index in [9.17, 15) is 14.4 Å². The van der Waals surface area contributed by atoms with Gasteiger partial charge in [0.1, 0.15) is 12.2 Å². The summed E-state index contributed by atoms with van der Waals surface area (Å²) in [5, 5.41) is 0.635. The Bertz CT molecular complexity index is 696. The van der Waals surface area contributed by atoms with Crippen molar-refractivity contribution in [2.45, 2.75) is 37.7 Å². The van der Waals surface area contributed by atoms with Gasteiger partial charge in [-0.1, -0.05) is 24.2 Å². The van der Waals surface area contributed by atoms with Crippen molar-refractivity contribution in [1.82, 2.24) is 0 Å². The van der Waals surface area contributed by atoms with E-state index in [1.54, 1.807) is 26.8 Å². The first kappa shape index (κ1) is 23.0. The normalized spacial score (nSPS) is 10.8. The van der Waals surface area contributed by atoms with Gasteiger partial charge in [0.25, 0.3) is 0 Å². The molecule has 0 amide bonds. The van der Waals surface area contributed by atoms with Crippen molar-refractivity contribution in [3.05, 3.63) is 41.4 Å². The van der Waals surface area contributed by atoms with Crippen LogP contribution in [0.2, 0.25) is 5.02 Å². The van der Waals surface area contributed by atoms with E-state index in [4.69, 9.17) is 25.8 Å². The van der Waals surface area contributed by atoms with Gasteiger partial charge < -0.3 is 14.2 Å². The molecular formula is C19H23ClO6S. The van der Waals surface area contributed by atoms with E-state index in [1.165, 1.54) is 11.8 Å². The second-order valence-electron chi connectivity index (χ2n) is 6.47. The molecule has 0 saturated heterocycles. The van der Waals surface area contributed by atoms with Crippen LogP contribution in [0.4, 0.5) is 0 Å². The van der Waals surface area contributed by atoms with Crippen LogP contribution in [-0.4, -0.2) is 42.5 Å². The maximum atomic E-state index is 11.8. The van der Waals surface area contributed by atoms with Gasteiger partial charge in [-0.25, -0.2) is 9.59 Å². The Labute approximate surface area is 168 Å². The molecule has 0 N–H and O–H groups in total. The molecule has 0 radical (unpaired) electrons. The molecular weight excluding hydrogens is 392 g/mol. The van der Waals surface area contributed by atoms with Crippen LogP contribution < -0.4 is 0 Å². The molecule has 6 nitrogen and oxygen atoms in total. The summed E-state index contributed by atoms with van der Waals surface area (Å²) in [5.41, 5.74) is -0.711. The van der Waals surface area contributed by atoms with E-state index >= 15 is 0 Å². The number of halogens is 1. The second-order valence-corrected chi connectivity index (χ2v) is 8.07. The highest BCUT2D eigenvalue weighted by atomic mass is 35.5. The standard InChI is InChI=1S/C19H23ClO6S/c1-13(10-16(21)25-12-17(22)26-19(2,3)4)18(23)24-8-9-27-15-7-5-6-14(20)11-15/h5-7,11H,1,8-10,12H2,2-4H3. The van der Waals surface area contributed by atoms with Gasteiger partial charge in [0.2, 0.25) is 0 Å². The van der Waals surface area contributed by atoms with Crippen LogP contribution in [0.1, 0.15) is 27.2 Å². The molecule has 1 aromatic carbocycles. The van der Waals surface area contributed by atoms with E-state index in [-0.39, 0.29) is 18.6 Å². The van der Waals surface area contributed by atoms with Gasteiger partial charge in [0, 0.05) is 21.2 Å². The molecule has 27 heavy (non-hydrogen) atoms. The predicted octanol–water partition coefficient (Wildman–Crippen LogP) is 3.81. The number of hydrogen-bond acceptors (Lipinski definition) is 7. The number of ether oxygens (including phenoxy) is 3. The molecule has 0 fully saturated rings. The summed E-state index contributed by atoms with van der Waals surface area (Å²) in [7, 11) is 0. The van der Waals surface area contributed by atoms with E-state index in [0.717, 1.165) is 4.90 Å². The molecule has 0 heterocycles. The Morgan fingerprint density at radius 2 is 1.85 bits per heavy atom. The lowest BCUT2D eigenvalue weighted by Crippen LogP contribution is -2.27. The van der Waals surface area contributed by atoms with Crippen molar-refractivity contribution in [3.63, 3.8) is 0 Å². The highest BCUT2D eigenvalue weighted by Crippen LogP contribution is 2.21. The maximum Gasteiger partial charge on any atom is 0.344 e. The second kappa shape index (κ2) is 11.0. The predicted molar refractivity (Wildman–Crippen MR) is 104 cm³/mol. The Hall–Kier alpha value is -1.99. The molecule has 1 aromatic rings. The molecule has 0 unspecified atom stereocenters. The van der Waals surface area contributed by atoms with Crippen molar-refractivity contribution in [2.24, 2.45) is 0 Å². The Kier molecular flexibility index (Phi) is 9.38. The average molecular weight is 415 g/mol. The first-order valence-corrected chi connectivity index (χ1v) is 9.54. The lowest BCUT2D eigenvalue weighted by atomic mass is 10.2. The summed E-state index contributed by atoms with van der Waals surface area (Å²) in [6.45, 7) is 8.26. The van der Waals surface area contributed by atoms with Crippen LogP contribution in [-0.2, 0) is 28.6 Å². The van der Waals surface area contributed by atoms with Crippen LogP contribution in [0.25, 0.3) is 0 Å². The fourth-order valence-corrected chi connectivity index (χ4v) is 2.80. The number of esters is 3. The third kappa shape index (κ3) is 10.7. The van der Waals surface area contributed by atoms with Crippen molar-refractivity contribution < 1.29 is 28.6 Å². The molecule has 0 aliphatic heterocycles. The van der Waals surface area contributed by atoms with Gasteiger partial charge in [-0.15, -0.1) is 11.8 Å². The number of benzene rings is 1. The first-order chi connectivity index (χ1) is 12.6. The summed E-state index contributed by atoms with van der Waals surface area (Å²) < 4.78 is 14.8. The summed E-state index contributed by atoms with van der Waals surface area (Å²) in [5.74, 6) is -1.57. The van der Waals surface area contributed by atoms with Crippen molar-refractivity contribution in [2.75, 3.05) is 19.0 Å². The number of carbonyl (C=O) groups is 3. The molecule has 0 atom stereocenters.